The minimum absolute atomic E-state index is 0.00829. The molecule has 1 saturated heterocycles. The molecule has 2 aromatic rings. The quantitative estimate of drug-likeness (QED) is 0.835. The molecule has 6 heteroatoms. The average Bonchev–Trinajstić information content (AvgIpc) is 2.62. The van der Waals surface area contributed by atoms with E-state index in [1.54, 1.807) is 43.3 Å². The summed E-state index contributed by atoms with van der Waals surface area (Å²) < 4.78 is 5.97. The monoisotopic (exact) mass is 372 g/mol. The predicted octanol–water partition coefficient (Wildman–Crippen LogP) is 3.09. The first kappa shape index (κ1) is 17.3. The van der Waals surface area contributed by atoms with Gasteiger partial charge in [-0.05, 0) is 44.3 Å². The summed E-state index contributed by atoms with van der Waals surface area (Å²) >= 11 is 6.07. The standard InChI is InChI=1S/C20H21ClN2O3/c1-20(25)15-5-3-13(19(24)23-9-7-22(2)8-10-23)11-18(15)26-17-6-4-14(21)12-16(17)20/h3-6,11-12,25H,7-10H2,1-2H3. The molecule has 0 radical (unpaired) electrons. The van der Waals surface area contributed by atoms with Gasteiger partial charge in [0.05, 0.1) is 0 Å². The lowest BCUT2D eigenvalue weighted by molar-refractivity contribution is 0.0661. The van der Waals surface area contributed by atoms with E-state index in [-0.39, 0.29) is 5.91 Å². The summed E-state index contributed by atoms with van der Waals surface area (Å²) in [6.45, 7) is 4.89. The summed E-state index contributed by atoms with van der Waals surface area (Å²) in [5, 5.41) is 11.6. The van der Waals surface area contributed by atoms with Crippen molar-refractivity contribution in [3.05, 3.63) is 58.1 Å². The molecule has 4 rings (SSSR count). The minimum Gasteiger partial charge on any atom is -0.457 e. The number of nitrogens with zero attached hydrogens (tertiary/aromatic N) is 2. The van der Waals surface area contributed by atoms with Crippen LogP contribution in [0.2, 0.25) is 5.02 Å². The van der Waals surface area contributed by atoms with Crippen LogP contribution in [0.3, 0.4) is 0 Å². The first-order valence-corrected chi connectivity index (χ1v) is 9.06. The number of halogens is 1. The maximum atomic E-state index is 12.8. The molecule has 2 aliphatic rings. The lowest BCUT2D eigenvalue weighted by Crippen LogP contribution is -2.47. The summed E-state index contributed by atoms with van der Waals surface area (Å²) in [7, 11) is 2.06. The first-order valence-electron chi connectivity index (χ1n) is 8.69. The van der Waals surface area contributed by atoms with E-state index in [0.29, 0.717) is 46.3 Å². The van der Waals surface area contributed by atoms with E-state index in [4.69, 9.17) is 16.3 Å². The highest BCUT2D eigenvalue weighted by molar-refractivity contribution is 6.30. The molecule has 136 valence electrons. The van der Waals surface area contributed by atoms with Gasteiger partial charge < -0.3 is 19.6 Å². The van der Waals surface area contributed by atoms with E-state index in [0.717, 1.165) is 13.1 Å². The highest BCUT2D eigenvalue weighted by Gasteiger charge is 2.37. The number of rotatable bonds is 1. The van der Waals surface area contributed by atoms with Gasteiger partial charge in [0, 0.05) is 47.9 Å². The second-order valence-electron chi connectivity index (χ2n) is 7.12. The Morgan fingerprint density at radius 1 is 1.08 bits per heavy atom. The van der Waals surface area contributed by atoms with E-state index in [2.05, 4.69) is 11.9 Å². The number of fused-ring (bicyclic) bond motifs is 2. The topological polar surface area (TPSA) is 53.0 Å². The number of ether oxygens (including phenoxy) is 1. The van der Waals surface area contributed by atoms with Gasteiger partial charge >= 0.3 is 0 Å². The Bertz CT molecular complexity index is 873. The van der Waals surface area contributed by atoms with E-state index in [1.807, 2.05) is 4.90 Å². The van der Waals surface area contributed by atoms with Gasteiger partial charge in [-0.15, -0.1) is 0 Å². The largest absolute Gasteiger partial charge is 0.457 e. The van der Waals surface area contributed by atoms with Gasteiger partial charge in [0.1, 0.15) is 17.1 Å². The third-order valence-electron chi connectivity index (χ3n) is 5.23. The van der Waals surface area contributed by atoms with Crippen LogP contribution in [0.1, 0.15) is 28.4 Å². The number of hydrogen-bond donors (Lipinski definition) is 1. The van der Waals surface area contributed by atoms with Crippen molar-refractivity contribution in [3.63, 3.8) is 0 Å². The van der Waals surface area contributed by atoms with Gasteiger partial charge in [0.25, 0.3) is 5.91 Å². The fourth-order valence-corrected chi connectivity index (χ4v) is 3.74. The normalized spacial score (nSPS) is 22.4. The Morgan fingerprint density at radius 3 is 2.54 bits per heavy atom. The molecule has 26 heavy (non-hydrogen) atoms. The molecule has 0 bridgehead atoms. The molecule has 5 nitrogen and oxygen atoms in total. The van der Waals surface area contributed by atoms with Crippen molar-refractivity contribution in [2.24, 2.45) is 0 Å². The van der Waals surface area contributed by atoms with Crippen molar-refractivity contribution < 1.29 is 14.6 Å². The van der Waals surface area contributed by atoms with Gasteiger partial charge in [-0.25, -0.2) is 0 Å². The summed E-state index contributed by atoms with van der Waals surface area (Å²) in [6, 6.07) is 10.4. The highest BCUT2D eigenvalue weighted by atomic mass is 35.5. The van der Waals surface area contributed by atoms with Gasteiger partial charge in [0.2, 0.25) is 0 Å². The lowest BCUT2D eigenvalue weighted by atomic mass is 9.84. The highest BCUT2D eigenvalue weighted by Crippen LogP contribution is 2.47. The molecular weight excluding hydrogens is 352 g/mol. The minimum atomic E-state index is -1.23. The van der Waals surface area contributed by atoms with Gasteiger partial charge in [0.15, 0.2) is 0 Å². The summed E-state index contributed by atoms with van der Waals surface area (Å²) in [6.07, 6.45) is 0. The number of benzene rings is 2. The molecule has 2 aromatic carbocycles. The molecule has 1 unspecified atom stereocenters. The van der Waals surface area contributed by atoms with Crippen LogP contribution in [0.25, 0.3) is 0 Å². The maximum absolute atomic E-state index is 12.8. The van der Waals surface area contributed by atoms with Crippen LogP contribution in [0, 0.1) is 0 Å². The molecule has 0 aliphatic carbocycles. The van der Waals surface area contributed by atoms with Crippen molar-refractivity contribution in [3.8, 4) is 11.5 Å². The molecule has 1 N–H and O–H groups in total. The molecule has 0 spiro atoms. The van der Waals surface area contributed by atoms with Crippen LogP contribution in [0.15, 0.2) is 36.4 Å². The first-order chi connectivity index (χ1) is 12.4. The Morgan fingerprint density at radius 2 is 1.81 bits per heavy atom. The average molecular weight is 373 g/mol. The van der Waals surface area contributed by atoms with Crippen molar-refractivity contribution in [1.29, 1.82) is 0 Å². The van der Waals surface area contributed by atoms with E-state index >= 15 is 0 Å². The molecule has 0 aromatic heterocycles. The van der Waals surface area contributed by atoms with E-state index in [1.165, 1.54) is 0 Å². The fourth-order valence-electron chi connectivity index (χ4n) is 3.57. The Hall–Kier alpha value is -2.08. The fraction of sp³-hybridized carbons (Fsp3) is 0.350. The third kappa shape index (κ3) is 2.86. The summed E-state index contributed by atoms with van der Waals surface area (Å²) in [5.41, 5.74) is 0.586. The maximum Gasteiger partial charge on any atom is 0.254 e. The molecule has 1 atom stereocenters. The molecular formula is C20H21ClN2O3. The van der Waals surface area contributed by atoms with Crippen molar-refractivity contribution >= 4 is 17.5 Å². The number of amides is 1. The number of likely N-dealkylation sites (N-methyl/N-ethyl adjacent to an activating group) is 1. The SMILES string of the molecule is CN1CCN(C(=O)c2ccc3c(c2)Oc2ccc(Cl)cc2C3(C)O)CC1. The van der Waals surface area contributed by atoms with Gasteiger partial charge in [-0.3, -0.25) is 4.79 Å². The number of piperazine rings is 1. The summed E-state index contributed by atoms with van der Waals surface area (Å²) in [4.78, 5) is 16.9. The zero-order valence-corrected chi connectivity index (χ0v) is 15.6. The van der Waals surface area contributed by atoms with Crippen molar-refractivity contribution in [1.82, 2.24) is 9.80 Å². The number of carbonyl (C=O) groups excluding carboxylic acids is 1. The lowest BCUT2D eigenvalue weighted by Gasteiger charge is -2.34. The Labute approximate surface area is 157 Å². The van der Waals surface area contributed by atoms with Crippen LogP contribution < -0.4 is 4.74 Å². The number of aliphatic hydroxyl groups is 1. The smallest absolute Gasteiger partial charge is 0.254 e. The van der Waals surface area contributed by atoms with Crippen LogP contribution in [0.5, 0.6) is 11.5 Å². The van der Waals surface area contributed by atoms with Crippen molar-refractivity contribution in [2.45, 2.75) is 12.5 Å². The third-order valence-corrected chi connectivity index (χ3v) is 5.46. The number of carbonyl (C=O) groups is 1. The van der Waals surface area contributed by atoms with Gasteiger partial charge in [-0.1, -0.05) is 17.7 Å². The Balaban J connectivity index is 1.67. The van der Waals surface area contributed by atoms with Gasteiger partial charge in [-0.2, -0.15) is 0 Å². The van der Waals surface area contributed by atoms with E-state index < -0.39 is 5.60 Å². The number of hydrogen-bond acceptors (Lipinski definition) is 4. The van der Waals surface area contributed by atoms with E-state index in [9.17, 15) is 9.90 Å². The second kappa shape index (κ2) is 6.27. The van der Waals surface area contributed by atoms with Crippen molar-refractivity contribution in [2.75, 3.05) is 33.2 Å². The van der Waals surface area contributed by atoms with Crippen LogP contribution in [-0.4, -0.2) is 54.0 Å². The Kier molecular flexibility index (Phi) is 4.18. The zero-order chi connectivity index (χ0) is 18.5. The zero-order valence-electron chi connectivity index (χ0n) is 14.8. The summed E-state index contributed by atoms with van der Waals surface area (Å²) in [5.74, 6) is 1.05. The van der Waals surface area contributed by atoms with Crippen LogP contribution in [-0.2, 0) is 5.60 Å². The second-order valence-corrected chi connectivity index (χ2v) is 7.56. The molecule has 2 heterocycles. The molecule has 1 amide bonds. The van der Waals surface area contributed by atoms with Crippen LogP contribution >= 0.6 is 11.6 Å². The van der Waals surface area contributed by atoms with Crippen LogP contribution in [0.4, 0.5) is 0 Å². The molecule has 1 fully saturated rings. The molecule has 0 saturated carbocycles. The molecule has 2 aliphatic heterocycles. The predicted molar refractivity (Wildman–Crippen MR) is 100 cm³/mol.